The molecule has 0 bridgehead atoms. The molecule has 0 atom stereocenters. The van der Waals surface area contributed by atoms with Crippen LogP contribution in [0.4, 0.5) is 0 Å². The zero-order valence-electron chi connectivity index (χ0n) is 12.0. The average Bonchev–Trinajstić information content (AvgIpc) is 2.98. The first kappa shape index (κ1) is 14.0. The highest BCUT2D eigenvalue weighted by Crippen LogP contribution is 2.33. The molecule has 0 unspecified atom stereocenters. The van der Waals surface area contributed by atoms with Gasteiger partial charge in [0.05, 0.1) is 0 Å². The molecule has 0 aliphatic heterocycles. The van der Waals surface area contributed by atoms with Gasteiger partial charge in [-0.25, -0.2) is 0 Å². The maximum Gasteiger partial charge on any atom is 0.100 e. The number of aromatic amines is 1. The number of nitrogens with zero attached hydrogens (tertiary/aromatic N) is 1. The number of H-pyrrole nitrogens is 1. The minimum absolute atomic E-state index is 1.01. The molecule has 2 nitrogen and oxygen atoms in total. The highest BCUT2D eigenvalue weighted by atomic mass is 32.2. The Morgan fingerprint density at radius 1 is 0.905 bits per heavy atom. The number of rotatable bonds is 5. The SMILES string of the molecule is CSCCc1[nH]nc(-c2ccccc2)c1-c1ccccc1. The molecular formula is C18H18N2S. The van der Waals surface area contributed by atoms with Crippen LogP contribution in [0.3, 0.4) is 0 Å². The van der Waals surface area contributed by atoms with Gasteiger partial charge in [-0.2, -0.15) is 16.9 Å². The van der Waals surface area contributed by atoms with Crippen molar-refractivity contribution in [1.82, 2.24) is 10.2 Å². The lowest BCUT2D eigenvalue weighted by atomic mass is 9.98. The summed E-state index contributed by atoms with van der Waals surface area (Å²) in [4.78, 5) is 0. The quantitative estimate of drug-likeness (QED) is 0.742. The Morgan fingerprint density at radius 3 is 2.14 bits per heavy atom. The van der Waals surface area contributed by atoms with Crippen molar-refractivity contribution in [1.29, 1.82) is 0 Å². The Kier molecular flexibility index (Phi) is 4.41. The van der Waals surface area contributed by atoms with Gasteiger partial charge in [0.25, 0.3) is 0 Å². The molecule has 0 radical (unpaired) electrons. The molecular weight excluding hydrogens is 276 g/mol. The van der Waals surface area contributed by atoms with Gasteiger partial charge in [-0.1, -0.05) is 60.7 Å². The summed E-state index contributed by atoms with van der Waals surface area (Å²) in [6, 6.07) is 20.9. The van der Waals surface area contributed by atoms with Crippen molar-refractivity contribution in [3.8, 4) is 22.4 Å². The van der Waals surface area contributed by atoms with Crippen LogP contribution in [0.5, 0.6) is 0 Å². The van der Waals surface area contributed by atoms with Crippen LogP contribution in [0.1, 0.15) is 5.69 Å². The van der Waals surface area contributed by atoms with Crippen molar-refractivity contribution >= 4 is 11.8 Å². The molecule has 3 heteroatoms. The van der Waals surface area contributed by atoms with Gasteiger partial charge >= 0.3 is 0 Å². The third-order valence-corrected chi connectivity index (χ3v) is 4.12. The third-order valence-electron chi connectivity index (χ3n) is 3.51. The molecule has 3 rings (SSSR count). The molecule has 0 fully saturated rings. The number of nitrogens with one attached hydrogen (secondary N) is 1. The number of benzene rings is 2. The van der Waals surface area contributed by atoms with E-state index in [0.717, 1.165) is 23.4 Å². The molecule has 0 saturated carbocycles. The summed E-state index contributed by atoms with van der Waals surface area (Å²) in [6.07, 6.45) is 3.14. The van der Waals surface area contributed by atoms with Crippen molar-refractivity contribution < 1.29 is 0 Å². The lowest BCUT2D eigenvalue weighted by Crippen LogP contribution is -1.92. The number of thioether (sulfide) groups is 1. The van der Waals surface area contributed by atoms with E-state index in [1.807, 2.05) is 23.9 Å². The molecule has 3 aromatic rings. The zero-order valence-corrected chi connectivity index (χ0v) is 12.9. The molecule has 0 saturated heterocycles. The second-order valence-corrected chi connectivity index (χ2v) is 5.89. The first-order valence-corrected chi connectivity index (χ1v) is 8.46. The lowest BCUT2D eigenvalue weighted by Gasteiger charge is -2.06. The molecule has 1 heterocycles. The van der Waals surface area contributed by atoms with Gasteiger partial charge in [0, 0.05) is 16.8 Å². The Balaban J connectivity index is 2.11. The van der Waals surface area contributed by atoms with Crippen molar-refractivity contribution in [3.63, 3.8) is 0 Å². The van der Waals surface area contributed by atoms with Gasteiger partial charge < -0.3 is 0 Å². The Hall–Kier alpha value is -2.00. The number of aryl methyl sites for hydroxylation is 1. The fourth-order valence-electron chi connectivity index (χ4n) is 2.48. The van der Waals surface area contributed by atoms with Gasteiger partial charge in [-0.05, 0) is 24.0 Å². The number of aromatic nitrogens is 2. The summed E-state index contributed by atoms with van der Waals surface area (Å²) in [5.41, 5.74) is 5.87. The van der Waals surface area contributed by atoms with E-state index < -0.39 is 0 Å². The van der Waals surface area contributed by atoms with Crippen LogP contribution < -0.4 is 0 Å². The monoisotopic (exact) mass is 294 g/mol. The van der Waals surface area contributed by atoms with E-state index in [1.54, 1.807) is 0 Å². The van der Waals surface area contributed by atoms with Crippen LogP contribution >= 0.6 is 11.8 Å². The van der Waals surface area contributed by atoms with E-state index in [1.165, 1.54) is 16.8 Å². The topological polar surface area (TPSA) is 28.7 Å². The number of hydrogen-bond acceptors (Lipinski definition) is 2. The van der Waals surface area contributed by atoms with Crippen LogP contribution in [-0.2, 0) is 6.42 Å². The predicted octanol–water partition coefficient (Wildman–Crippen LogP) is 4.65. The van der Waals surface area contributed by atoms with Crippen LogP contribution in [0.15, 0.2) is 60.7 Å². The van der Waals surface area contributed by atoms with Gasteiger partial charge in [0.15, 0.2) is 0 Å². The van der Waals surface area contributed by atoms with Crippen molar-refractivity contribution in [2.24, 2.45) is 0 Å². The fourth-order valence-corrected chi connectivity index (χ4v) is 2.89. The van der Waals surface area contributed by atoms with Crippen LogP contribution in [0.25, 0.3) is 22.4 Å². The van der Waals surface area contributed by atoms with E-state index in [4.69, 9.17) is 0 Å². The van der Waals surface area contributed by atoms with Crippen LogP contribution in [0.2, 0.25) is 0 Å². The van der Waals surface area contributed by atoms with Crippen molar-refractivity contribution in [2.45, 2.75) is 6.42 Å². The lowest BCUT2D eigenvalue weighted by molar-refractivity contribution is 0.984. The molecule has 2 aromatic carbocycles. The van der Waals surface area contributed by atoms with E-state index >= 15 is 0 Å². The zero-order chi connectivity index (χ0) is 14.5. The molecule has 1 aromatic heterocycles. The number of hydrogen-bond donors (Lipinski definition) is 1. The largest absolute Gasteiger partial charge is 0.281 e. The van der Waals surface area contributed by atoms with Crippen LogP contribution in [0, 0.1) is 0 Å². The van der Waals surface area contributed by atoms with E-state index in [-0.39, 0.29) is 0 Å². The fraction of sp³-hybridized carbons (Fsp3) is 0.167. The Morgan fingerprint density at radius 2 is 1.52 bits per heavy atom. The summed E-state index contributed by atoms with van der Waals surface area (Å²) < 4.78 is 0. The van der Waals surface area contributed by atoms with Crippen molar-refractivity contribution in [2.75, 3.05) is 12.0 Å². The van der Waals surface area contributed by atoms with Crippen LogP contribution in [-0.4, -0.2) is 22.2 Å². The first-order chi connectivity index (χ1) is 10.4. The van der Waals surface area contributed by atoms with E-state index in [9.17, 15) is 0 Å². The normalized spacial score (nSPS) is 10.7. The second-order valence-electron chi connectivity index (χ2n) is 4.90. The minimum Gasteiger partial charge on any atom is -0.281 e. The third kappa shape index (κ3) is 3.03. The van der Waals surface area contributed by atoms with Gasteiger partial charge in [0.2, 0.25) is 0 Å². The second kappa shape index (κ2) is 6.64. The minimum atomic E-state index is 1.01. The summed E-state index contributed by atoms with van der Waals surface area (Å²) in [5, 5.41) is 7.82. The summed E-state index contributed by atoms with van der Waals surface area (Å²) in [5.74, 6) is 1.09. The smallest absolute Gasteiger partial charge is 0.100 e. The highest BCUT2D eigenvalue weighted by molar-refractivity contribution is 7.98. The first-order valence-electron chi connectivity index (χ1n) is 7.07. The van der Waals surface area contributed by atoms with Gasteiger partial charge in [-0.15, -0.1) is 0 Å². The van der Waals surface area contributed by atoms with Gasteiger partial charge in [0.1, 0.15) is 5.69 Å². The maximum absolute atomic E-state index is 4.58. The molecule has 0 aliphatic carbocycles. The Bertz CT molecular complexity index is 690. The maximum atomic E-state index is 4.58. The average molecular weight is 294 g/mol. The Labute approximate surface area is 129 Å². The summed E-state index contributed by atoms with van der Waals surface area (Å²) in [6.45, 7) is 0. The molecule has 0 amide bonds. The van der Waals surface area contributed by atoms with Gasteiger partial charge in [-0.3, -0.25) is 5.10 Å². The molecule has 0 spiro atoms. The summed E-state index contributed by atoms with van der Waals surface area (Å²) in [7, 11) is 0. The highest BCUT2D eigenvalue weighted by Gasteiger charge is 2.15. The molecule has 0 aliphatic rings. The molecule has 21 heavy (non-hydrogen) atoms. The van der Waals surface area contributed by atoms with Crippen molar-refractivity contribution in [3.05, 3.63) is 66.4 Å². The molecule has 1 N–H and O–H groups in total. The summed E-state index contributed by atoms with van der Waals surface area (Å²) >= 11 is 1.86. The standard InChI is InChI=1S/C18H18N2S/c1-21-13-12-16-17(14-8-4-2-5-9-14)18(20-19-16)15-10-6-3-7-11-15/h2-11H,12-13H2,1H3,(H,19,20). The predicted molar refractivity (Wildman–Crippen MR) is 91.5 cm³/mol. The van der Waals surface area contributed by atoms with E-state index in [0.29, 0.717) is 0 Å². The molecule has 106 valence electrons. The van der Waals surface area contributed by atoms with E-state index in [2.05, 4.69) is 65.0 Å².